The van der Waals surface area contributed by atoms with Gasteiger partial charge in [-0.25, -0.2) is 0 Å². The lowest BCUT2D eigenvalue weighted by molar-refractivity contribution is -0.126. The van der Waals surface area contributed by atoms with Gasteiger partial charge >= 0.3 is 0 Å². The van der Waals surface area contributed by atoms with Crippen LogP contribution in [0.25, 0.3) is 0 Å². The Hall–Kier alpha value is -1.12. The van der Waals surface area contributed by atoms with Gasteiger partial charge in [-0.2, -0.15) is 5.10 Å². The summed E-state index contributed by atoms with van der Waals surface area (Å²) in [6.45, 7) is 6.67. The molecule has 1 heterocycles. The molecule has 0 spiro atoms. The van der Waals surface area contributed by atoms with E-state index in [1.165, 1.54) is 5.69 Å². The van der Waals surface area contributed by atoms with Crippen LogP contribution < -0.4 is 0 Å². The summed E-state index contributed by atoms with van der Waals surface area (Å²) in [5.41, 5.74) is 2.33. The first-order chi connectivity index (χ1) is 9.01. The van der Waals surface area contributed by atoms with Gasteiger partial charge in [0.05, 0.1) is 5.69 Å². The summed E-state index contributed by atoms with van der Waals surface area (Å²) in [6.07, 6.45) is 4.74. The Bertz CT molecular complexity index is 448. The van der Waals surface area contributed by atoms with Crippen molar-refractivity contribution in [1.29, 1.82) is 0 Å². The van der Waals surface area contributed by atoms with Gasteiger partial charge in [-0.05, 0) is 43.6 Å². The van der Waals surface area contributed by atoms with Gasteiger partial charge in [-0.1, -0.05) is 20.8 Å². The van der Waals surface area contributed by atoms with Crippen molar-refractivity contribution in [2.45, 2.75) is 52.9 Å². The molecule has 0 aliphatic heterocycles. The minimum atomic E-state index is 0.209. The number of nitrogens with zero attached hydrogens (tertiary/aromatic N) is 2. The standard InChI is InChI=1S/C16H26N2O/c1-5-14-10-15(18(4)17-14)9-13-8-12(11(2)3)6-7-16(13)19/h10-13H,5-9H2,1-4H3. The highest BCUT2D eigenvalue weighted by Crippen LogP contribution is 2.33. The van der Waals surface area contributed by atoms with E-state index in [1.54, 1.807) is 0 Å². The zero-order chi connectivity index (χ0) is 14.0. The third kappa shape index (κ3) is 3.26. The molecule has 1 fully saturated rings. The largest absolute Gasteiger partial charge is 0.299 e. The Labute approximate surface area is 116 Å². The lowest BCUT2D eigenvalue weighted by Gasteiger charge is -2.30. The fraction of sp³-hybridized carbons (Fsp3) is 0.750. The van der Waals surface area contributed by atoms with Crippen molar-refractivity contribution in [2.75, 3.05) is 0 Å². The van der Waals surface area contributed by atoms with Crippen LogP contribution >= 0.6 is 0 Å². The molecule has 106 valence electrons. The van der Waals surface area contributed by atoms with E-state index in [0.717, 1.165) is 37.8 Å². The normalized spacial score (nSPS) is 24.2. The number of carbonyl (C=O) groups excluding carboxylic acids is 1. The van der Waals surface area contributed by atoms with Crippen LogP contribution in [-0.2, 0) is 24.7 Å². The average Bonchev–Trinajstić information content (AvgIpc) is 2.72. The first-order valence-electron chi connectivity index (χ1n) is 7.55. The Kier molecular flexibility index (Phi) is 4.43. The maximum Gasteiger partial charge on any atom is 0.136 e. The summed E-state index contributed by atoms with van der Waals surface area (Å²) < 4.78 is 1.95. The lowest BCUT2D eigenvalue weighted by Crippen LogP contribution is -2.29. The van der Waals surface area contributed by atoms with Crippen LogP contribution in [0.1, 0.15) is 51.4 Å². The Morgan fingerprint density at radius 2 is 2.21 bits per heavy atom. The number of hydrogen-bond acceptors (Lipinski definition) is 2. The van der Waals surface area contributed by atoms with Gasteiger partial charge in [-0.15, -0.1) is 0 Å². The summed E-state index contributed by atoms with van der Waals surface area (Å²) in [4.78, 5) is 12.1. The Morgan fingerprint density at radius 3 is 2.79 bits per heavy atom. The monoisotopic (exact) mass is 262 g/mol. The molecule has 0 bridgehead atoms. The maximum absolute atomic E-state index is 12.1. The summed E-state index contributed by atoms with van der Waals surface area (Å²) in [5.74, 6) is 2.06. The molecule has 0 saturated heterocycles. The molecule has 0 N–H and O–H groups in total. The minimum Gasteiger partial charge on any atom is -0.299 e. The van der Waals surface area contributed by atoms with E-state index >= 15 is 0 Å². The highest BCUT2D eigenvalue weighted by molar-refractivity contribution is 5.82. The summed E-state index contributed by atoms with van der Waals surface area (Å²) in [7, 11) is 1.99. The number of rotatable bonds is 4. The molecule has 0 radical (unpaired) electrons. The molecular weight excluding hydrogens is 236 g/mol. The molecule has 19 heavy (non-hydrogen) atoms. The van der Waals surface area contributed by atoms with Gasteiger partial charge in [0.15, 0.2) is 0 Å². The van der Waals surface area contributed by atoms with Crippen LogP contribution in [0, 0.1) is 17.8 Å². The summed E-state index contributed by atoms with van der Waals surface area (Å²) in [5, 5.41) is 4.48. The second kappa shape index (κ2) is 5.89. The third-order valence-corrected chi connectivity index (χ3v) is 4.59. The highest BCUT2D eigenvalue weighted by Gasteiger charge is 2.30. The first kappa shape index (κ1) is 14.3. The smallest absolute Gasteiger partial charge is 0.136 e. The number of carbonyl (C=O) groups is 1. The predicted octanol–water partition coefficient (Wildman–Crippen LogP) is 3.17. The van der Waals surface area contributed by atoms with Crippen LogP contribution in [-0.4, -0.2) is 15.6 Å². The quantitative estimate of drug-likeness (QED) is 0.835. The van der Waals surface area contributed by atoms with Crippen molar-refractivity contribution in [3.8, 4) is 0 Å². The van der Waals surface area contributed by atoms with E-state index in [4.69, 9.17) is 0 Å². The van der Waals surface area contributed by atoms with Gasteiger partial charge in [-0.3, -0.25) is 9.48 Å². The van der Waals surface area contributed by atoms with Gasteiger partial charge in [0.1, 0.15) is 5.78 Å². The fourth-order valence-electron chi connectivity index (χ4n) is 3.14. The number of aryl methyl sites for hydroxylation is 2. The topological polar surface area (TPSA) is 34.9 Å². The van der Waals surface area contributed by atoms with Crippen molar-refractivity contribution < 1.29 is 4.79 Å². The zero-order valence-corrected chi connectivity index (χ0v) is 12.6. The maximum atomic E-state index is 12.1. The van der Waals surface area contributed by atoms with Gasteiger partial charge < -0.3 is 0 Å². The third-order valence-electron chi connectivity index (χ3n) is 4.59. The van der Waals surface area contributed by atoms with E-state index in [2.05, 4.69) is 31.9 Å². The second-order valence-corrected chi connectivity index (χ2v) is 6.25. The lowest BCUT2D eigenvalue weighted by atomic mass is 9.74. The van der Waals surface area contributed by atoms with Crippen molar-refractivity contribution in [3.63, 3.8) is 0 Å². The van der Waals surface area contributed by atoms with Crippen LogP contribution in [0.15, 0.2) is 6.07 Å². The molecule has 1 aliphatic carbocycles. The molecule has 2 atom stereocenters. The minimum absolute atomic E-state index is 0.209. The fourth-order valence-corrected chi connectivity index (χ4v) is 3.14. The number of Topliss-reactive ketones (excluding diaryl/α,β-unsaturated/α-hetero) is 1. The Morgan fingerprint density at radius 1 is 1.47 bits per heavy atom. The first-order valence-corrected chi connectivity index (χ1v) is 7.55. The van der Waals surface area contributed by atoms with E-state index in [0.29, 0.717) is 17.6 Å². The van der Waals surface area contributed by atoms with Crippen LogP contribution in [0.5, 0.6) is 0 Å². The molecule has 2 unspecified atom stereocenters. The van der Waals surface area contributed by atoms with Crippen molar-refractivity contribution in [3.05, 3.63) is 17.5 Å². The molecule has 1 aliphatic rings. The molecule has 2 rings (SSSR count). The molecule has 3 nitrogen and oxygen atoms in total. The highest BCUT2D eigenvalue weighted by atomic mass is 16.1. The van der Waals surface area contributed by atoms with E-state index in [1.807, 2.05) is 11.7 Å². The van der Waals surface area contributed by atoms with E-state index in [9.17, 15) is 4.79 Å². The predicted molar refractivity (Wildman–Crippen MR) is 77.0 cm³/mol. The Balaban J connectivity index is 2.07. The van der Waals surface area contributed by atoms with Crippen molar-refractivity contribution in [1.82, 2.24) is 9.78 Å². The number of ketones is 1. The molecular formula is C16H26N2O. The van der Waals surface area contributed by atoms with Crippen LogP contribution in [0.2, 0.25) is 0 Å². The SMILES string of the molecule is CCc1cc(CC2CC(C(C)C)CCC2=O)n(C)n1. The van der Waals surface area contributed by atoms with Gasteiger partial charge in [0.2, 0.25) is 0 Å². The summed E-state index contributed by atoms with van der Waals surface area (Å²) >= 11 is 0. The van der Waals surface area contributed by atoms with Gasteiger partial charge in [0, 0.05) is 25.1 Å². The van der Waals surface area contributed by atoms with E-state index in [-0.39, 0.29) is 5.92 Å². The van der Waals surface area contributed by atoms with E-state index < -0.39 is 0 Å². The summed E-state index contributed by atoms with van der Waals surface area (Å²) in [6, 6.07) is 2.16. The zero-order valence-electron chi connectivity index (χ0n) is 12.6. The van der Waals surface area contributed by atoms with Crippen molar-refractivity contribution in [2.24, 2.45) is 24.8 Å². The molecule has 1 saturated carbocycles. The van der Waals surface area contributed by atoms with Crippen LogP contribution in [0.3, 0.4) is 0 Å². The van der Waals surface area contributed by atoms with Crippen molar-refractivity contribution >= 4 is 5.78 Å². The molecule has 1 aromatic rings. The number of aromatic nitrogens is 2. The number of hydrogen-bond donors (Lipinski definition) is 0. The molecule has 0 amide bonds. The second-order valence-electron chi connectivity index (χ2n) is 6.25. The average molecular weight is 262 g/mol. The van der Waals surface area contributed by atoms with Gasteiger partial charge in [0.25, 0.3) is 0 Å². The van der Waals surface area contributed by atoms with Crippen LogP contribution in [0.4, 0.5) is 0 Å². The molecule has 3 heteroatoms. The molecule has 1 aromatic heterocycles. The molecule has 0 aromatic carbocycles.